The molecule has 2 nitrogen and oxygen atoms in total. The van der Waals surface area contributed by atoms with Crippen LogP contribution >= 0.6 is 0 Å². The number of halogens is 1. The zero-order chi connectivity index (χ0) is 15.5. The summed E-state index contributed by atoms with van der Waals surface area (Å²) in [7, 11) is 0. The zero-order valence-electron chi connectivity index (χ0n) is 12.7. The smallest absolute Gasteiger partial charge is 0.137 e. The molecule has 0 spiro atoms. The Balaban J connectivity index is 1.72. The van der Waals surface area contributed by atoms with E-state index in [9.17, 15) is 4.39 Å². The van der Waals surface area contributed by atoms with Crippen molar-refractivity contribution in [2.24, 2.45) is 0 Å². The van der Waals surface area contributed by atoms with E-state index in [0.717, 1.165) is 11.4 Å². The molecule has 0 atom stereocenters. The second kappa shape index (κ2) is 6.06. The quantitative estimate of drug-likeness (QED) is 0.705. The van der Waals surface area contributed by atoms with Crippen molar-refractivity contribution in [3.63, 3.8) is 0 Å². The van der Waals surface area contributed by atoms with Gasteiger partial charge in [0.2, 0.25) is 0 Å². The van der Waals surface area contributed by atoms with Gasteiger partial charge in [-0.05, 0) is 61.4 Å². The summed E-state index contributed by atoms with van der Waals surface area (Å²) in [5.74, 6) is 1.05. The van der Waals surface area contributed by atoms with Gasteiger partial charge in [0.15, 0.2) is 0 Å². The van der Waals surface area contributed by atoms with E-state index < -0.39 is 0 Å². The number of benzene rings is 2. The second-order valence-corrected chi connectivity index (χ2v) is 5.40. The number of furan rings is 1. The Morgan fingerprint density at radius 1 is 0.955 bits per heavy atom. The van der Waals surface area contributed by atoms with Crippen molar-refractivity contribution in [3.8, 4) is 11.3 Å². The third-order valence-corrected chi connectivity index (χ3v) is 3.77. The van der Waals surface area contributed by atoms with Crippen LogP contribution in [-0.2, 0) is 6.54 Å². The van der Waals surface area contributed by atoms with Crippen molar-refractivity contribution in [2.75, 3.05) is 5.32 Å². The normalized spacial score (nSPS) is 10.7. The number of hydrogen-bond acceptors (Lipinski definition) is 2. The van der Waals surface area contributed by atoms with E-state index in [1.54, 1.807) is 24.3 Å². The minimum Gasteiger partial charge on any atom is -0.459 e. The van der Waals surface area contributed by atoms with Crippen LogP contribution in [0.25, 0.3) is 11.3 Å². The van der Waals surface area contributed by atoms with Crippen LogP contribution in [0.15, 0.2) is 59.0 Å². The standard InChI is InChI=1S/C19H18FNO/c1-13-7-8-15(11-14(13)2)21-12-16-9-10-19(22-16)17-5-3-4-6-18(17)20/h3-11,21H,12H2,1-2H3. The Morgan fingerprint density at radius 3 is 2.55 bits per heavy atom. The molecule has 0 unspecified atom stereocenters. The van der Waals surface area contributed by atoms with Crippen LogP contribution in [0.3, 0.4) is 0 Å². The SMILES string of the molecule is Cc1ccc(NCc2ccc(-c3ccccc3F)o2)cc1C. The zero-order valence-corrected chi connectivity index (χ0v) is 12.7. The second-order valence-electron chi connectivity index (χ2n) is 5.40. The van der Waals surface area contributed by atoms with Crippen molar-refractivity contribution in [3.05, 3.63) is 77.3 Å². The number of hydrogen-bond donors (Lipinski definition) is 1. The fraction of sp³-hybridized carbons (Fsp3) is 0.158. The summed E-state index contributed by atoms with van der Waals surface area (Å²) in [6.07, 6.45) is 0. The van der Waals surface area contributed by atoms with Gasteiger partial charge in [-0.15, -0.1) is 0 Å². The largest absolute Gasteiger partial charge is 0.459 e. The summed E-state index contributed by atoms with van der Waals surface area (Å²) < 4.78 is 19.5. The molecule has 0 saturated carbocycles. The minimum atomic E-state index is -0.273. The van der Waals surface area contributed by atoms with E-state index in [-0.39, 0.29) is 5.82 Å². The molecule has 3 aromatic rings. The van der Waals surface area contributed by atoms with Crippen LogP contribution in [0, 0.1) is 19.7 Å². The van der Waals surface area contributed by atoms with Crippen molar-refractivity contribution < 1.29 is 8.81 Å². The highest BCUT2D eigenvalue weighted by molar-refractivity contribution is 5.58. The van der Waals surface area contributed by atoms with Crippen LogP contribution in [-0.4, -0.2) is 0 Å². The first-order chi connectivity index (χ1) is 10.6. The van der Waals surface area contributed by atoms with E-state index in [0.29, 0.717) is 17.9 Å². The number of aryl methyl sites for hydroxylation is 2. The van der Waals surface area contributed by atoms with E-state index >= 15 is 0 Å². The van der Waals surface area contributed by atoms with E-state index in [4.69, 9.17) is 4.42 Å². The van der Waals surface area contributed by atoms with E-state index in [1.807, 2.05) is 12.1 Å². The summed E-state index contributed by atoms with van der Waals surface area (Å²) in [6.45, 7) is 4.74. The molecule has 1 heterocycles. The molecule has 0 radical (unpaired) electrons. The maximum atomic E-state index is 13.7. The highest BCUT2D eigenvalue weighted by Crippen LogP contribution is 2.25. The Hall–Kier alpha value is -2.55. The average molecular weight is 295 g/mol. The van der Waals surface area contributed by atoms with Gasteiger partial charge in [-0.2, -0.15) is 0 Å². The Kier molecular flexibility index (Phi) is 3.96. The van der Waals surface area contributed by atoms with E-state index in [2.05, 4.69) is 31.3 Å². The molecule has 0 saturated heterocycles. The van der Waals surface area contributed by atoms with Gasteiger partial charge in [-0.25, -0.2) is 4.39 Å². The van der Waals surface area contributed by atoms with Gasteiger partial charge in [0.05, 0.1) is 12.1 Å². The van der Waals surface area contributed by atoms with Crippen LogP contribution < -0.4 is 5.32 Å². The van der Waals surface area contributed by atoms with Gasteiger partial charge in [0.1, 0.15) is 17.3 Å². The van der Waals surface area contributed by atoms with Crippen molar-refractivity contribution in [2.45, 2.75) is 20.4 Å². The van der Waals surface area contributed by atoms with Gasteiger partial charge >= 0.3 is 0 Å². The highest BCUT2D eigenvalue weighted by atomic mass is 19.1. The molecule has 22 heavy (non-hydrogen) atoms. The van der Waals surface area contributed by atoms with Gasteiger partial charge in [0.25, 0.3) is 0 Å². The molecule has 2 aromatic carbocycles. The predicted octanol–water partition coefficient (Wildman–Crippen LogP) is 5.31. The lowest BCUT2D eigenvalue weighted by Crippen LogP contribution is -1.98. The van der Waals surface area contributed by atoms with Crippen molar-refractivity contribution >= 4 is 5.69 Å². The molecule has 3 rings (SSSR count). The Bertz CT molecular complexity index is 792. The summed E-state index contributed by atoms with van der Waals surface area (Å²) in [5.41, 5.74) is 4.05. The highest BCUT2D eigenvalue weighted by Gasteiger charge is 2.09. The molecule has 0 aliphatic rings. The molecule has 112 valence electrons. The molecular formula is C19H18FNO. The first-order valence-electron chi connectivity index (χ1n) is 7.28. The molecule has 0 aliphatic heterocycles. The maximum absolute atomic E-state index is 13.7. The first kappa shape index (κ1) is 14.4. The van der Waals surface area contributed by atoms with Crippen LogP contribution in [0.1, 0.15) is 16.9 Å². The topological polar surface area (TPSA) is 25.2 Å². The van der Waals surface area contributed by atoms with Crippen LogP contribution in [0.2, 0.25) is 0 Å². The first-order valence-corrected chi connectivity index (χ1v) is 7.28. The molecule has 3 heteroatoms. The van der Waals surface area contributed by atoms with Gasteiger partial charge in [0, 0.05) is 5.69 Å². The Morgan fingerprint density at radius 2 is 1.77 bits per heavy atom. The number of rotatable bonds is 4. The number of nitrogens with one attached hydrogen (secondary N) is 1. The third kappa shape index (κ3) is 3.03. The summed E-state index contributed by atoms with van der Waals surface area (Å²) in [4.78, 5) is 0. The molecule has 1 N–H and O–H groups in total. The van der Waals surface area contributed by atoms with Crippen LogP contribution in [0.4, 0.5) is 10.1 Å². The lowest BCUT2D eigenvalue weighted by molar-refractivity contribution is 0.525. The fourth-order valence-corrected chi connectivity index (χ4v) is 2.32. The molecule has 1 aromatic heterocycles. The van der Waals surface area contributed by atoms with Crippen molar-refractivity contribution in [1.29, 1.82) is 0 Å². The maximum Gasteiger partial charge on any atom is 0.137 e. The molecule has 0 aliphatic carbocycles. The van der Waals surface area contributed by atoms with Crippen LogP contribution in [0.5, 0.6) is 0 Å². The van der Waals surface area contributed by atoms with Crippen molar-refractivity contribution in [1.82, 2.24) is 0 Å². The molecule has 0 bridgehead atoms. The summed E-state index contributed by atoms with van der Waals surface area (Å²) in [5, 5.41) is 3.32. The van der Waals surface area contributed by atoms with Gasteiger partial charge in [-0.3, -0.25) is 0 Å². The number of anilines is 1. The van der Waals surface area contributed by atoms with Gasteiger partial charge < -0.3 is 9.73 Å². The molecular weight excluding hydrogens is 277 g/mol. The third-order valence-electron chi connectivity index (χ3n) is 3.77. The lowest BCUT2D eigenvalue weighted by Gasteiger charge is -2.07. The minimum absolute atomic E-state index is 0.273. The Labute approximate surface area is 129 Å². The molecule has 0 fully saturated rings. The molecule has 0 amide bonds. The average Bonchev–Trinajstić information content (AvgIpc) is 2.98. The lowest BCUT2D eigenvalue weighted by atomic mass is 10.1. The van der Waals surface area contributed by atoms with Gasteiger partial charge in [-0.1, -0.05) is 18.2 Å². The predicted molar refractivity (Wildman–Crippen MR) is 87.3 cm³/mol. The van der Waals surface area contributed by atoms with E-state index in [1.165, 1.54) is 17.2 Å². The fourth-order valence-electron chi connectivity index (χ4n) is 2.32. The summed E-state index contributed by atoms with van der Waals surface area (Å²) in [6, 6.07) is 16.5. The monoisotopic (exact) mass is 295 g/mol. The summed E-state index contributed by atoms with van der Waals surface area (Å²) >= 11 is 0.